The van der Waals surface area contributed by atoms with Crippen LogP contribution in [0.5, 0.6) is 0 Å². The number of ether oxygens (including phenoxy) is 2. The van der Waals surface area contributed by atoms with Crippen molar-refractivity contribution in [2.75, 3.05) is 19.5 Å². The Morgan fingerprint density at radius 3 is 2.87 bits per heavy atom. The first-order valence-corrected chi connectivity index (χ1v) is 10.2. The molecule has 0 spiro atoms. The van der Waals surface area contributed by atoms with Crippen molar-refractivity contribution in [3.8, 4) is 0 Å². The number of anilines is 1. The molecule has 1 unspecified atom stereocenters. The molecule has 3 heterocycles. The molecule has 15 nitrogen and oxygen atoms in total. The van der Waals surface area contributed by atoms with Crippen molar-refractivity contribution >= 4 is 30.8 Å². The summed E-state index contributed by atoms with van der Waals surface area (Å²) in [6, 6.07) is -1.13. The topological polar surface area (TPSA) is 224 Å². The third-order valence-corrected chi connectivity index (χ3v) is 5.60. The van der Waals surface area contributed by atoms with Crippen LogP contribution in [0, 0.1) is 0 Å². The lowest BCUT2D eigenvalue weighted by Crippen LogP contribution is -2.36. The van der Waals surface area contributed by atoms with Crippen molar-refractivity contribution in [3.63, 3.8) is 0 Å². The molecule has 1 aliphatic rings. The molecule has 1 aliphatic heterocycles. The van der Waals surface area contributed by atoms with Gasteiger partial charge in [0.25, 0.3) is 5.56 Å². The maximum absolute atomic E-state index is 12.1. The third kappa shape index (κ3) is 4.37. The molecule has 6 atom stereocenters. The number of aromatic amines is 1. The van der Waals surface area contributed by atoms with Crippen LogP contribution in [-0.4, -0.2) is 78.7 Å². The van der Waals surface area contributed by atoms with Gasteiger partial charge in [-0.1, -0.05) is 0 Å². The maximum Gasteiger partial charge on any atom is 0.403 e. The van der Waals surface area contributed by atoms with Gasteiger partial charge in [0.05, 0.1) is 20.0 Å². The van der Waals surface area contributed by atoms with Gasteiger partial charge >= 0.3 is 13.7 Å². The number of hydrogen-bond acceptors (Lipinski definition) is 11. The molecule has 1 fully saturated rings. The molecule has 1 saturated heterocycles. The summed E-state index contributed by atoms with van der Waals surface area (Å²) >= 11 is 0. The number of aromatic nitrogens is 4. The molecule has 166 valence electrons. The van der Waals surface area contributed by atoms with Crippen LogP contribution < -0.4 is 16.4 Å². The summed E-state index contributed by atoms with van der Waals surface area (Å²) in [7, 11) is -3.35. The van der Waals surface area contributed by atoms with E-state index >= 15 is 0 Å². The van der Waals surface area contributed by atoms with Crippen molar-refractivity contribution in [1.29, 1.82) is 0 Å². The second-order valence-corrected chi connectivity index (χ2v) is 8.07. The summed E-state index contributed by atoms with van der Waals surface area (Å²) in [5.41, 5.74) is 4.88. The Morgan fingerprint density at radius 2 is 2.20 bits per heavy atom. The molecule has 16 heteroatoms. The number of aliphatic hydroxyl groups excluding tert-OH is 2. The number of methoxy groups -OCH3 is 1. The highest BCUT2D eigenvalue weighted by molar-refractivity contribution is 7.50. The summed E-state index contributed by atoms with van der Waals surface area (Å²) in [6.07, 6.45) is -4.29. The Hall–Kier alpha value is -2.39. The number of nitrogens with zero attached hydrogens (tertiary/aromatic N) is 3. The van der Waals surface area contributed by atoms with Crippen LogP contribution in [0.15, 0.2) is 11.1 Å². The van der Waals surface area contributed by atoms with Crippen LogP contribution in [0.4, 0.5) is 5.95 Å². The van der Waals surface area contributed by atoms with Gasteiger partial charge in [0.1, 0.15) is 24.4 Å². The lowest BCUT2D eigenvalue weighted by Gasteiger charge is -2.20. The minimum absolute atomic E-state index is 0.00969. The lowest BCUT2D eigenvalue weighted by molar-refractivity contribution is -0.142. The van der Waals surface area contributed by atoms with Gasteiger partial charge in [0.15, 0.2) is 17.4 Å². The fourth-order valence-electron chi connectivity index (χ4n) is 2.91. The van der Waals surface area contributed by atoms with Gasteiger partial charge in [-0.2, -0.15) is 4.98 Å². The number of hydrogen-bond donors (Lipinski definition) is 6. The Balaban J connectivity index is 1.72. The Bertz CT molecular complexity index is 1040. The van der Waals surface area contributed by atoms with Crippen LogP contribution in [-0.2, 0) is 23.4 Å². The predicted molar refractivity (Wildman–Crippen MR) is 98.9 cm³/mol. The number of nitrogens with two attached hydrogens (primary N) is 1. The number of H-pyrrole nitrogens is 1. The van der Waals surface area contributed by atoms with Crippen LogP contribution in [0.2, 0.25) is 0 Å². The van der Waals surface area contributed by atoms with E-state index in [0.717, 1.165) is 7.11 Å². The fraction of sp³-hybridized carbons (Fsp3) is 0.571. The summed E-state index contributed by atoms with van der Waals surface area (Å²) in [4.78, 5) is 43.2. The molecule has 0 aromatic carbocycles. The number of imidazole rings is 1. The zero-order valence-electron chi connectivity index (χ0n) is 15.8. The average Bonchev–Trinajstić information content (AvgIpc) is 3.21. The molecule has 0 radical (unpaired) electrons. The minimum atomic E-state index is -4.46. The molecule has 0 amide bonds. The zero-order valence-corrected chi connectivity index (χ0v) is 16.7. The van der Waals surface area contributed by atoms with Crippen LogP contribution in [0.25, 0.3) is 11.2 Å². The largest absolute Gasteiger partial charge is 0.468 e. The monoisotopic (exact) mass is 448 g/mol. The zero-order chi connectivity index (χ0) is 22.2. The first-order chi connectivity index (χ1) is 14.0. The van der Waals surface area contributed by atoms with Crippen molar-refractivity contribution < 1.29 is 38.5 Å². The second-order valence-electron chi connectivity index (χ2n) is 6.51. The number of rotatable bonds is 7. The van der Waals surface area contributed by atoms with Gasteiger partial charge < -0.3 is 30.3 Å². The van der Waals surface area contributed by atoms with E-state index < -0.39 is 56.5 Å². The van der Waals surface area contributed by atoms with Gasteiger partial charge in [-0.25, -0.2) is 14.6 Å². The Labute approximate surface area is 168 Å². The number of carbonyl (C=O) groups is 1. The van der Waals surface area contributed by atoms with Gasteiger partial charge in [-0.05, 0) is 6.92 Å². The van der Waals surface area contributed by atoms with Gasteiger partial charge in [-0.3, -0.25) is 23.7 Å². The highest BCUT2D eigenvalue weighted by atomic mass is 31.2. The third-order valence-electron chi connectivity index (χ3n) is 4.39. The van der Waals surface area contributed by atoms with Crippen molar-refractivity contribution in [1.82, 2.24) is 24.6 Å². The maximum atomic E-state index is 12.1. The number of carbonyl (C=O) groups excluding carboxylic acids is 1. The molecule has 30 heavy (non-hydrogen) atoms. The van der Waals surface area contributed by atoms with Crippen LogP contribution in [0.3, 0.4) is 0 Å². The predicted octanol–water partition coefficient (Wildman–Crippen LogP) is -2.41. The summed E-state index contributed by atoms with van der Waals surface area (Å²) in [5, 5.41) is 22.7. The van der Waals surface area contributed by atoms with Crippen molar-refractivity contribution in [2.24, 2.45) is 0 Å². The number of nitrogens with one attached hydrogen (secondary N) is 2. The molecule has 0 bridgehead atoms. The number of fused-ring (bicyclic) bond motifs is 1. The average molecular weight is 448 g/mol. The molecule has 3 rings (SSSR count). The smallest absolute Gasteiger partial charge is 0.403 e. The van der Waals surface area contributed by atoms with Gasteiger partial charge in [0, 0.05) is 0 Å². The van der Waals surface area contributed by atoms with E-state index in [-0.39, 0.29) is 17.1 Å². The summed E-state index contributed by atoms with van der Waals surface area (Å²) in [6.45, 7) is 0.690. The molecule has 2 aromatic heterocycles. The van der Waals surface area contributed by atoms with E-state index in [4.69, 9.17) is 15.0 Å². The van der Waals surface area contributed by atoms with Crippen molar-refractivity contribution in [2.45, 2.75) is 37.5 Å². The standard InChI is InChI=1S/C14H21N6O9P/c1-5(13(24)27-2)19-30(25,26)28-3-6-8(21)9(22)12(29-6)20-4-16-7-10(20)17-14(15)18-11(7)23/h4-6,8-9,12,21-22H,3H2,1-2H3,(H2,19,25,26)(H3,15,17,18,23)/t5-,6+,8+,9+,12+/m0/s1. The molecule has 0 aliphatic carbocycles. The van der Waals surface area contributed by atoms with E-state index in [1.165, 1.54) is 17.8 Å². The van der Waals surface area contributed by atoms with E-state index in [0.29, 0.717) is 0 Å². The van der Waals surface area contributed by atoms with Gasteiger partial charge in [-0.15, -0.1) is 0 Å². The molecule has 0 saturated carbocycles. The number of esters is 1. The van der Waals surface area contributed by atoms with Gasteiger partial charge in [0.2, 0.25) is 5.95 Å². The summed E-state index contributed by atoms with van der Waals surface area (Å²) in [5.74, 6) is -0.969. The first kappa shape index (κ1) is 22.3. The lowest BCUT2D eigenvalue weighted by atomic mass is 10.1. The molecule has 2 aromatic rings. The Kier molecular flexibility index (Phi) is 6.24. The molecular formula is C14H21N6O9P. The first-order valence-electron chi connectivity index (χ1n) is 8.61. The van der Waals surface area contributed by atoms with E-state index in [1.807, 2.05) is 0 Å². The highest BCUT2D eigenvalue weighted by Crippen LogP contribution is 2.40. The minimum Gasteiger partial charge on any atom is -0.468 e. The van der Waals surface area contributed by atoms with Crippen LogP contribution >= 0.6 is 7.75 Å². The molecular weight excluding hydrogens is 427 g/mol. The van der Waals surface area contributed by atoms with E-state index in [1.54, 1.807) is 0 Å². The highest BCUT2D eigenvalue weighted by Gasteiger charge is 2.45. The van der Waals surface area contributed by atoms with E-state index in [2.05, 4.69) is 24.8 Å². The quantitative estimate of drug-likeness (QED) is 0.192. The number of nitrogen functional groups attached to an aromatic ring is 1. The normalized spacial score (nSPS) is 27.1. The SMILES string of the molecule is COC(=O)[C@H](C)NP(=O)(O)OC[C@H]1O[C@@H](n2cnc3c(=O)[nH]c(N)nc32)[C@H](O)[C@@H]1O. The van der Waals surface area contributed by atoms with E-state index in [9.17, 15) is 29.3 Å². The fourth-order valence-corrected chi connectivity index (χ4v) is 3.93. The van der Waals surface area contributed by atoms with Crippen molar-refractivity contribution in [3.05, 3.63) is 16.7 Å². The Morgan fingerprint density at radius 1 is 1.50 bits per heavy atom. The number of aliphatic hydroxyl groups is 2. The van der Waals surface area contributed by atoms with Crippen LogP contribution in [0.1, 0.15) is 13.2 Å². The second kappa shape index (κ2) is 8.39. The molecule has 7 N–H and O–H groups in total. The summed E-state index contributed by atoms with van der Waals surface area (Å²) < 4.78 is 28.1.